The van der Waals surface area contributed by atoms with Gasteiger partial charge in [-0.3, -0.25) is 9.59 Å². The van der Waals surface area contributed by atoms with Crippen LogP contribution >= 0.6 is 11.3 Å². The number of halogens is 1. The van der Waals surface area contributed by atoms with Crippen molar-refractivity contribution in [3.8, 4) is 0 Å². The van der Waals surface area contributed by atoms with Gasteiger partial charge in [-0.05, 0) is 62.5 Å². The van der Waals surface area contributed by atoms with Crippen molar-refractivity contribution in [3.63, 3.8) is 0 Å². The monoisotopic (exact) mass is 465 g/mol. The number of amides is 1. The van der Waals surface area contributed by atoms with Crippen molar-refractivity contribution in [2.24, 2.45) is 0 Å². The number of anilines is 2. The molecule has 170 valence electrons. The first-order chi connectivity index (χ1) is 15.8. The quantitative estimate of drug-likeness (QED) is 0.413. The molecule has 0 radical (unpaired) electrons. The summed E-state index contributed by atoms with van der Waals surface area (Å²) in [5.41, 5.74) is 4.80. The molecule has 0 aliphatic carbocycles. The van der Waals surface area contributed by atoms with Crippen molar-refractivity contribution in [2.45, 2.75) is 19.4 Å². The largest absolute Gasteiger partial charge is 0.481 e. The summed E-state index contributed by atoms with van der Waals surface area (Å²) in [6.07, 6.45) is 0.449. The van der Waals surface area contributed by atoms with E-state index in [0.29, 0.717) is 28.9 Å². The third-order valence-corrected chi connectivity index (χ3v) is 6.22. The number of fused-ring (bicyclic) bond motifs is 1. The Hall–Kier alpha value is -3.49. The standard InChI is InChI=1S/C25H24FN3O3S/c1-29(2)13-15-3-6-18(7-4-15)27-24(16-11-19(33-14-16)8-10-22(30)31)23-20-9-5-17(26)12-21(20)28-25(23)32/h3-7,9,11-12,14,27H,8,10,13H2,1-2H3,(H,28,32)(H,30,31)/b24-23-. The van der Waals surface area contributed by atoms with Crippen molar-refractivity contribution in [3.05, 3.63) is 81.3 Å². The van der Waals surface area contributed by atoms with E-state index < -0.39 is 11.8 Å². The molecule has 2 aromatic carbocycles. The second-order valence-corrected chi connectivity index (χ2v) is 9.14. The van der Waals surface area contributed by atoms with E-state index in [1.165, 1.54) is 23.5 Å². The van der Waals surface area contributed by atoms with Crippen LogP contribution in [0.15, 0.2) is 53.9 Å². The molecule has 1 aromatic heterocycles. The lowest BCUT2D eigenvalue weighted by molar-refractivity contribution is -0.136. The Morgan fingerprint density at radius 1 is 1.15 bits per heavy atom. The van der Waals surface area contributed by atoms with Crippen molar-refractivity contribution >= 4 is 45.9 Å². The molecule has 4 rings (SSSR count). The van der Waals surface area contributed by atoms with Gasteiger partial charge in [-0.15, -0.1) is 11.3 Å². The van der Waals surface area contributed by atoms with E-state index in [2.05, 4.69) is 15.5 Å². The van der Waals surface area contributed by atoms with Gasteiger partial charge in [0.05, 0.1) is 23.4 Å². The van der Waals surface area contributed by atoms with Crippen molar-refractivity contribution in [2.75, 3.05) is 24.7 Å². The first-order valence-corrected chi connectivity index (χ1v) is 11.3. The van der Waals surface area contributed by atoms with E-state index in [1.807, 2.05) is 49.8 Å². The average Bonchev–Trinajstić information content (AvgIpc) is 3.35. The molecule has 2 heterocycles. The molecule has 3 aromatic rings. The highest BCUT2D eigenvalue weighted by molar-refractivity contribution is 7.10. The summed E-state index contributed by atoms with van der Waals surface area (Å²) in [5, 5.41) is 17.0. The van der Waals surface area contributed by atoms with Crippen LogP contribution in [0.25, 0.3) is 11.3 Å². The van der Waals surface area contributed by atoms with Crippen LogP contribution in [-0.2, 0) is 22.6 Å². The fourth-order valence-corrected chi connectivity index (χ4v) is 4.63. The highest BCUT2D eigenvalue weighted by Gasteiger charge is 2.29. The molecule has 1 aliphatic rings. The number of benzene rings is 2. The summed E-state index contributed by atoms with van der Waals surface area (Å²) in [5.74, 6) is -1.60. The van der Waals surface area contributed by atoms with E-state index in [4.69, 9.17) is 5.11 Å². The molecule has 0 unspecified atom stereocenters. The molecule has 33 heavy (non-hydrogen) atoms. The van der Waals surface area contributed by atoms with Crippen LogP contribution in [0.4, 0.5) is 15.8 Å². The average molecular weight is 466 g/mol. The molecular formula is C25H24FN3O3S. The van der Waals surface area contributed by atoms with Crippen LogP contribution < -0.4 is 10.6 Å². The summed E-state index contributed by atoms with van der Waals surface area (Å²) >= 11 is 1.45. The van der Waals surface area contributed by atoms with Crippen LogP contribution in [0.3, 0.4) is 0 Å². The van der Waals surface area contributed by atoms with E-state index in [9.17, 15) is 14.0 Å². The highest BCUT2D eigenvalue weighted by Crippen LogP contribution is 2.39. The van der Waals surface area contributed by atoms with Gasteiger partial charge in [-0.25, -0.2) is 4.39 Å². The topological polar surface area (TPSA) is 81.7 Å². The Kier molecular flexibility index (Phi) is 6.57. The molecule has 1 amide bonds. The molecule has 0 spiro atoms. The van der Waals surface area contributed by atoms with E-state index in [0.717, 1.165) is 28.2 Å². The maximum Gasteiger partial charge on any atom is 0.303 e. The molecular weight excluding hydrogens is 441 g/mol. The third-order valence-electron chi connectivity index (χ3n) is 5.23. The molecule has 6 nitrogen and oxygen atoms in total. The molecule has 0 saturated carbocycles. The number of carbonyl (C=O) groups is 2. The summed E-state index contributed by atoms with van der Waals surface area (Å²) in [6.45, 7) is 0.813. The smallest absolute Gasteiger partial charge is 0.303 e. The lowest BCUT2D eigenvalue weighted by Gasteiger charge is -2.15. The number of thiophene rings is 1. The Bertz CT molecular complexity index is 1230. The fraction of sp³-hybridized carbons (Fsp3) is 0.200. The minimum absolute atomic E-state index is 0.0369. The number of nitrogens with one attached hydrogen (secondary N) is 2. The van der Waals surface area contributed by atoms with Gasteiger partial charge in [0.1, 0.15) is 5.82 Å². The van der Waals surface area contributed by atoms with E-state index in [-0.39, 0.29) is 12.3 Å². The van der Waals surface area contributed by atoms with Gasteiger partial charge in [-0.2, -0.15) is 0 Å². The summed E-state index contributed by atoms with van der Waals surface area (Å²) in [4.78, 5) is 26.9. The minimum Gasteiger partial charge on any atom is -0.481 e. The number of rotatable bonds is 8. The molecule has 3 N–H and O–H groups in total. The number of aliphatic carboxylic acids is 1. The highest BCUT2D eigenvalue weighted by atomic mass is 32.1. The van der Waals surface area contributed by atoms with E-state index >= 15 is 0 Å². The number of carboxylic acids is 1. The van der Waals surface area contributed by atoms with Gasteiger partial charge >= 0.3 is 5.97 Å². The Morgan fingerprint density at radius 3 is 2.61 bits per heavy atom. The first kappa shape index (κ1) is 22.7. The summed E-state index contributed by atoms with van der Waals surface area (Å²) < 4.78 is 13.7. The number of carbonyl (C=O) groups excluding carboxylic acids is 1. The predicted molar refractivity (Wildman–Crippen MR) is 130 cm³/mol. The lowest BCUT2D eigenvalue weighted by Crippen LogP contribution is -2.11. The SMILES string of the molecule is CN(C)Cc1ccc(N/C(=C2\C(=O)Nc3cc(F)ccc32)c2csc(CCC(=O)O)c2)cc1. The summed E-state index contributed by atoms with van der Waals surface area (Å²) in [7, 11) is 4.01. The van der Waals surface area contributed by atoms with Crippen molar-refractivity contribution in [1.82, 2.24) is 4.90 Å². The van der Waals surface area contributed by atoms with Gasteiger partial charge in [0.15, 0.2) is 0 Å². The molecule has 0 atom stereocenters. The van der Waals surface area contributed by atoms with Gasteiger partial charge in [0, 0.05) is 33.6 Å². The zero-order chi connectivity index (χ0) is 23.5. The molecule has 0 fully saturated rings. The predicted octanol–water partition coefficient (Wildman–Crippen LogP) is 4.90. The zero-order valence-corrected chi connectivity index (χ0v) is 19.1. The molecule has 0 saturated heterocycles. The van der Waals surface area contributed by atoms with Crippen LogP contribution in [0.5, 0.6) is 0 Å². The normalized spacial score (nSPS) is 14.2. The zero-order valence-electron chi connectivity index (χ0n) is 18.3. The van der Waals surface area contributed by atoms with E-state index in [1.54, 1.807) is 6.07 Å². The maximum absolute atomic E-state index is 13.7. The molecule has 1 aliphatic heterocycles. The second-order valence-electron chi connectivity index (χ2n) is 8.15. The van der Waals surface area contributed by atoms with Crippen LogP contribution in [0, 0.1) is 5.82 Å². The number of hydrogen-bond acceptors (Lipinski definition) is 5. The van der Waals surface area contributed by atoms with Gasteiger partial charge < -0.3 is 20.6 Å². The van der Waals surface area contributed by atoms with Gasteiger partial charge in [-0.1, -0.05) is 12.1 Å². The van der Waals surface area contributed by atoms with Crippen LogP contribution in [-0.4, -0.2) is 36.0 Å². The van der Waals surface area contributed by atoms with Crippen LogP contribution in [0.2, 0.25) is 0 Å². The first-order valence-electron chi connectivity index (χ1n) is 10.5. The Morgan fingerprint density at radius 2 is 1.91 bits per heavy atom. The number of carboxylic acid groups (broad SMARTS) is 1. The molecule has 0 bridgehead atoms. The Labute approximate surface area is 195 Å². The van der Waals surface area contributed by atoms with Gasteiger partial charge in [0.25, 0.3) is 5.91 Å². The number of hydrogen-bond donors (Lipinski definition) is 3. The van der Waals surface area contributed by atoms with Crippen LogP contribution in [0.1, 0.15) is 28.0 Å². The second kappa shape index (κ2) is 9.56. The van der Waals surface area contributed by atoms with Gasteiger partial charge in [0.2, 0.25) is 0 Å². The third kappa shape index (κ3) is 5.30. The van der Waals surface area contributed by atoms with Crippen molar-refractivity contribution < 1.29 is 19.1 Å². The minimum atomic E-state index is -0.856. The van der Waals surface area contributed by atoms with Crippen molar-refractivity contribution in [1.29, 1.82) is 0 Å². The number of aryl methyl sites for hydroxylation is 1. The number of nitrogens with zero attached hydrogens (tertiary/aromatic N) is 1. The lowest BCUT2D eigenvalue weighted by atomic mass is 10.0. The fourth-order valence-electron chi connectivity index (χ4n) is 3.75. The summed E-state index contributed by atoms with van der Waals surface area (Å²) in [6, 6.07) is 14.1. The maximum atomic E-state index is 13.7. The Balaban J connectivity index is 1.75. The molecule has 8 heteroatoms.